The van der Waals surface area contributed by atoms with E-state index < -0.39 is 12.4 Å². The van der Waals surface area contributed by atoms with Crippen molar-refractivity contribution in [2.24, 2.45) is 18.4 Å². The predicted molar refractivity (Wildman–Crippen MR) is 204 cm³/mol. The highest BCUT2D eigenvalue weighted by Crippen LogP contribution is 2.44. The van der Waals surface area contributed by atoms with Crippen molar-refractivity contribution >= 4 is 29.3 Å². The Kier molecular flexibility index (Phi) is 9.85. The summed E-state index contributed by atoms with van der Waals surface area (Å²) in [6, 6.07) is 3.78. The number of aromatic carboxylic acids is 1. The van der Waals surface area contributed by atoms with Crippen LogP contribution in [-0.4, -0.2) is 102 Å². The van der Waals surface area contributed by atoms with Crippen LogP contribution in [0, 0.1) is 11.3 Å². The number of anilines is 3. The van der Waals surface area contributed by atoms with E-state index in [9.17, 15) is 23.5 Å². The molecule has 1 aromatic carbocycles. The Bertz CT molecular complexity index is 2070. The van der Waals surface area contributed by atoms with Gasteiger partial charge < -0.3 is 24.7 Å². The lowest BCUT2D eigenvalue weighted by Gasteiger charge is -2.46. The van der Waals surface area contributed by atoms with Gasteiger partial charge in [-0.25, -0.2) is 23.5 Å². The number of aryl methyl sites for hydroxylation is 2. The number of fused-ring (bicyclic) bond motifs is 2. The van der Waals surface area contributed by atoms with Crippen LogP contribution in [-0.2, 0) is 31.2 Å². The average molecular weight is 757 g/mol. The third-order valence-electron chi connectivity index (χ3n) is 12.4. The molecule has 1 N–H and O–H groups in total. The molecule has 15 heteroatoms. The van der Waals surface area contributed by atoms with E-state index in [1.54, 1.807) is 37.1 Å². The van der Waals surface area contributed by atoms with Gasteiger partial charge in [-0.2, -0.15) is 10.2 Å². The van der Waals surface area contributed by atoms with Gasteiger partial charge in [-0.1, -0.05) is 13.8 Å². The number of halogens is 2. The molecule has 2 saturated heterocycles. The minimum atomic E-state index is -2.65. The number of alkyl halides is 2. The highest BCUT2D eigenvalue weighted by atomic mass is 19.3. The fourth-order valence-corrected chi connectivity index (χ4v) is 9.24. The molecule has 13 nitrogen and oxygen atoms in total. The third-order valence-corrected chi connectivity index (χ3v) is 12.4. The first-order valence-corrected chi connectivity index (χ1v) is 19.5. The van der Waals surface area contributed by atoms with Gasteiger partial charge in [0.15, 0.2) is 5.82 Å². The van der Waals surface area contributed by atoms with Crippen LogP contribution < -0.4 is 9.80 Å². The van der Waals surface area contributed by atoms with Gasteiger partial charge in [-0.05, 0) is 66.7 Å². The second kappa shape index (κ2) is 14.6. The van der Waals surface area contributed by atoms with Crippen LogP contribution in [0.1, 0.15) is 91.7 Å². The van der Waals surface area contributed by atoms with Crippen LogP contribution in [0.2, 0.25) is 0 Å². The molecule has 7 heterocycles. The van der Waals surface area contributed by atoms with Gasteiger partial charge in [0, 0.05) is 113 Å². The molecule has 0 radical (unpaired) electrons. The smallest absolute Gasteiger partial charge is 0.338 e. The van der Waals surface area contributed by atoms with Gasteiger partial charge in [0.2, 0.25) is 11.9 Å². The SMILES string of the molecule is CC(=O)N1CCc2c(c(N3CCCc4cc(-c5cnn(C)c5)c(C(F)F)cc43)nn2C2CCN(CC3CCN(c4ncc(C(=O)O)cn4)CC3(C)C)CC2)C1. The Morgan fingerprint density at radius 2 is 1.76 bits per heavy atom. The van der Waals surface area contributed by atoms with E-state index in [4.69, 9.17) is 5.10 Å². The molecule has 55 heavy (non-hydrogen) atoms. The van der Waals surface area contributed by atoms with Gasteiger partial charge >= 0.3 is 5.97 Å². The molecule has 1 atom stereocenters. The molecular formula is C40H50F2N10O3. The molecule has 292 valence electrons. The first kappa shape index (κ1) is 37.0. The van der Waals surface area contributed by atoms with Crippen molar-refractivity contribution in [2.75, 3.05) is 55.6 Å². The molecule has 1 unspecified atom stereocenters. The van der Waals surface area contributed by atoms with Crippen LogP contribution in [0.25, 0.3) is 11.1 Å². The summed E-state index contributed by atoms with van der Waals surface area (Å²) in [7, 11) is 1.79. The summed E-state index contributed by atoms with van der Waals surface area (Å²) in [5.74, 6) is 0.833. The van der Waals surface area contributed by atoms with Gasteiger partial charge in [0.25, 0.3) is 6.43 Å². The number of piperidine rings is 2. The zero-order valence-electron chi connectivity index (χ0n) is 32.1. The van der Waals surface area contributed by atoms with E-state index >= 15 is 0 Å². The quantitative estimate of drug-likeness (QED) is 0.233. The second-order valence-corrected chi connectivity index (χ2v) is 16.4. The largest absolute Gasteiger partial charge is 0.478 e. The van der Waals surface area contributed by atoms with Gasteiger partial charge in [0.1, 0.15) is 0 Å². The molecule has 0 aliphatic carbocycles. The fraction of sp³-hybridized carbons (Fsp3) is 0.550. The molecule has 8 rings (SSSR count). The number of hydrogen-bond acceptors (Lipinski definition) is 9. The number of aromatic nitrogens is 6. The molecule has 4 aliphatic heterocycles. The van der Waals surface area contributed by atoms with Crippen molar-refractivity contribution in [1.82, 2.24) is 39.3 Å². The van der Waals surface area contributed by atoms with E-state index in [1.165, 1.54) is 12.4 Å². The average Bonchev–Trinajstić information content (AvgIpc) is 3.78. The van der Waals surface area contributed by atoms with Crippen molar-refractivity contribution in [3.8, 4) is 11.1 Å². The fourth-order valence-electron chi connectivity index (χ4n) is 9.24. The maximum absolute atomic E-state index is 14.7. The molecule has 2 fully saturated rings. The molecule has 4 aromatic rings. The summed E-state index contributed by atoms with van der Waals surface area (Å²) >= 11 is 0. The summed E-state index contributed by atoms with van der Waals surface area (Å²) in [4.78, 5) is 41.3. The maximum atomic E-state index is 14.7. The third kappa shape index (κ3) is 7.18. The van der Waals surface area contributed by atoms with E-state index in [0.29, 0.717) is 49.0 Å². The number of carboxylic acids is 1. The number of rotatable bonds is 8. The molecule has 0 saturated carbocycles. The minimum Gasteiger partial charge on any atom is -0.478 e. The number of amides is 1. The summed E-state index contributed by atoms with van der Waals surface area (Å²) in [6.45, 7) is 12.5. The molecule has 0 spiro atoms. The Morgan fingerprint density at radius 3 is 2.42 bits per heavy atom. The minimum absolute atomic E-state index is 0.0101. The van der Waals surface area contributed by atoms with Gasteiger partial charge in [-0.15, -0.1) is 0 Å². The molecular weight excluding hydrogens is 707 g/mol. The van der Waals surface area contributed by atoms with Crippen LogP contribution in [0.4, 0.5) is 26.2 Å². The number of carbonyl (C=O) groups is 2. The lowest BCUT2D eigenvalue weighted by Crippen LogP contribution is -2.51. The lowest BCUT2D eigenvalue weighted by atomic mass is 9.73. The first-order chi connectivity index (χ1) is 26.4. The highest BCUT2D eigenvalue weighted by molar-refractivity contribution is 5.86. The molecule has 4 aliphatic rings. The van der Waals surface area contributed by atoms with Crippen molar-refractivity contribution in [3.05, 3.63) is 64.9 Å². The Labute approximate surface area is 319 Å². The number of carbonyl (C=O) groups excluding carboxylic acids is 1. The molecule has 3 aromatic heterocycles. The zero-order valence-corrected chi connectivity index (χ0v) is 32.1. The van der Waals surface area contributed by atoms with Crippen LogP contribution in [0.5, 0.6) is 0 Å². The van der Waals surface area contributed by atoms with Crippen molar-refractivity contribution in [3.63, 3.8) is 0 Å². The maximum Gasteiger partial charge on any atom is 0.338 e. The first-order valence-electron chi connectivity index (χ1n) is 19.5. The van der Waals surface area contributed by atoms with Crippen molar-refractivity contribution < 1.29 is 23.5 Å². The standard InChI is InChI=1S/C40H50F2N10O3/c1-25(53)49-15-10-34-33(23-49)37(51-11-5-6-26-16-31(28-20-45-47(4)21-28)32(36(41)42)17-35(26)51)46-52(34)30-8-12-48(13-9-30)22-29-7-14-50(24-40(29,2)3)39-43-18-27(19-44-39)38(54)55/h16-21,29-30,36H,5-15,22-24H2,1-4H3,(H,54,55). The molecule has 0 bridgehead atoms. The highest BCUT2D eigenvalue weighted by Gasteiger charge is 2.39. The van der Waals surface area contributed by atoms with Crippen molar-refractivity contribution in [2.45, 2.75) is 78.3 Å². The van der Waals surface area contributed by atoms with Crippen LogP contribution in [0.15, 0.2) is 36.9 Å². The van der Waals surface area contributed by atoms with E-state index in [1.807, 2.05) is 11.0 Å². The van der Waals surface area contributed by atoms with Gasteiger partial charge in [-0.3, -0.25) is 14.2 Å². The Hall–Kier alpha value is -4.92. The van der Waals surface area contributed by atoms with Crippen LogP contribution in [0.3, 0.4) is 0 Å². The van der Waals surface area contributed by atoms with Crippen molar-refractivity contribution in [1.29, 1.82) is 0 Å². The summed E-state index contributed by atoms with van der Waals surface area (Å²) in [6.07, 6.45) is 8.77. The monoisotopic (exact) mass is 756 g/mol. The van der Waals surface area contributed by atoms with E-state index in [0.717, 1.165) is 93.2 Å². The number of hydrogen-bond donors (Lipinski definition) is 1. The van der Waals surface area contributed by atoms with Gasteiger partial charge in [0.05, 0.1) is 24.3 Å². The topological polar surface area (TPSA) is 129 Å². The van der Waals surface area contributed by atoms with E-state index in [-0.39, 0.29) is 28.5 Å². The van der Waals surface area contributed by atoms with Crippen LogP contribution >= 0.6 is 0 Å². The summed E-state index contributed by atoms with van der Waals surface area (Å²) < 4.78 is 33.2. The zero-order chi connectivity index (χ0) is 38.6. The normalized spacial score (nSPS) is 20.5. The van der Waals surface area contributed by atoms with E-state index in [2.05, 4.69) is 48.3 Å². The Morgan fingerprint density at radius 1 is 1.00 bits per heavy atom. The molecule has 1 amide bonds. The predicted octanol–water partition coefficient (Wildman–Crippen LogP) is 5.89. The summed E-state index contributed by atoms with van der Waals surface area (Å²) in [5, 5.41) is 18.8. The second-order valence-electron chi connectivity index (χ2n) is 16.4. The summed E-state index contributed by atoms with van der Waals surface area (Å²) in [5.41, 5.74) is 5.25. The lowest BCUT2D eigenvalue weighted by molar-refractivity contribution is -0.129. The number of benzene rings is 1. The number of likely N-dealkylation sites (tertiary alicyclic amines) is 1. The number of carboxylic acid groups (broad SMARTS) is 1. The number of nitrogens with zero attached hydrogens (tertiary/aromatic N) is 10. The Balaban J connectivity index is 1.01.